The van der Waals surface area contributed by atoms with Crippen LogP contribution in [0, 0.1) is 13.8 Å². The lowest BCUT2D eigenvalue weighted by Gasteiger charge is -2.08. The van der Waals surface area contributed by atoms with E-state index in [2.05, 4.69) is 40.1 Å². The number of rotatable bonds is 4. The van der Waals surface area contributed by atoms with Crippen molar-refractivity contribution >= 4 is 44.5 Å². The van der Waals surface area contributed by atoms with Gasteiger partial charge in [-0.05, 0) is 73.0 Å². The third kappa shape index (κ3) is 4.21. The molecule has 0 aliphatic carbocycles. The van der Waals surface area contributed by atoms with Gasteiger partial charge in [0.15, 0.2) is 5.58 Å². The van der Waals surface area contributed by atoms with E-state index >= 15 is 0 Å². The summed E-state index contributed by atoms with van der Waals surface area (Å²) in [5.41, 5.74) is 6.30. The first-order chi connectivity index (χ1) is 13.9. The van der Waals surface area contributed by atoms with Crippen molar-refractivity contribution in [3.63, 3.8) is 0 Å². The number of nitrogens with one attached hydrogen (secondary N) is 1. The van der Waals surface area contributed by atoms with Gasteiger partial charge in [0.25, 0.3) is 5.91 Å². The van der Waals surface area contributed by atoms with Crippen molar-refractivity contribution in [3.05, 3.63) is 86.3 Å². The number of halogens is 2. The maximum atomic E-state index is 12.4. The summed E-state index contributed by atoms with van der Waals surface area (Å²) in [5, 5.41) is 3.31. The largest absolute Gasteiger partial charge is 0.436 e. The predicted octanol–water partition coefficient (Wildman–Crippen LogP) is 6.46. The van der Waals surface area contributed by atoms with Crippen LogP contribution in [0.3, 0.4) is 0 Å². The van der Waals surface area contributed by atoms with Gasteiger partial charge in [-0.3, -0.25) is 4.79 Å². The summed E-state index contributed by atoms with van der Waals surface area (Å²) in [6, 6.07) is 17.0. The number of aryl methyl sites for hydroxylation is 2. The Morgan fingerprint density at radius 3 is 2.55 bits per heavy atom. The molecule has 6 heteroatoms. The van der Waals surface area contributed by atoms with E-state index in [0.29, 0.717) is 23.0 Å². The molecular weight excluding hydrogens is 452 g/mol. The quantitative estimate of drug-likeness (QED) is 0.373. The van der Waals surface area contributed by atoms with Crippen LogP contribution in [0.25, 0.3) is 22.6 Å². The number of hydrogen-bond acceptors (Lipinski definition) is 3. The molecule has 0 aliphatic rings. The Hall–Kier alpha value is -2.63. The van der Waals surface area contributed by atoms with Crippen LogP contribution >= 0.6 is 27.5 Å². The zero-order valence-corrected chi connectivity index (χ0v) is 18.3. The van der Waals surface area contributed by atoms with Crippen molar-refractivity contribution in [2.45, 2.75) is 20.4 Å². The van der Waals surface area contributed by atoms with E-state index < -0.39 is 0 Å². The highest BCUT2D eigenvalue weighted by Crippen LogP contribution is 2.26. The van der Waals surface area contributed by atoms with Gasteiger partial charge in [0.1, 0.15) is 5.52 Å². The topological polar surface area (TPSA) is 55.1 Å². The first-order valence-corrected chi connectivity index (χ1v) is 10.3. The number of oxazole rings is 1. The Labute approximate surface area is 182 Å². The molecular formula is C23H18BrClN2O2. The molecule has 0 saturated heterocycles. The molecule has 0 fully saturated rings. The summed E-state index contributed by atoms with van der Waals surface area (Å²) in [6.45, 7) is 4.52. The van der Waals surface area contributed by atoms with E-state index in [9.17, 15) is 4.79 Å². The number of carbonyl (C=O) groups excluding carboxylic acids is 1. The van der Waals surface area contributed by atoms with Gasteiger partial charge in [-0.2, -0.15) is 0 Å². The second-order valence-corrected chi connectivity index (χ2v) is 8.25. The SMILES string of the molecule is Cc1cc2nc(-c3ccc(CNC(=O)c4cc(Br)ccc4Cl)cc3)oc2cc1C. The first-order valence-electron chi connectivity index (χ1n) is 9.11. The number of amides is 1. The standard InChI is InChI=1S/C23H18BrClN2O2/c1-13-9-20-21(10-14(13)2)29-23(27-20)16-5-3-15(4-6-16)12-26-22(28)18-11-17(24)7-8-19(18)25/h3-11H,12H2,1-2H3,(H,26,28). The Morgan fingerprint density at radius 1 is 1.07 bits per heavy atom. The third-order valence-corrected chi connectivity index (χ3v) is 5.65. The molecule has 146 valence electrons. The van der Waals surface area contributed by atoms with Crippen LogP contribution in [0.1, 0.15) is 27.0 Å². The van der Waals surface area contributed by atoms with Gasteiger partial charge < -0.3 is 9.73 Å². The summed E-state index contributed by atoms with van der Waals surface area (Å²) in [6.07, 6.45) is 0. The molecule has 1 amide bonds. The number of hydrogen-bond donors (Lipinski definition) is 1. The summed E-state index contributed by atoms with van der Waals surface area (Å²) in [7, 11) is 0. The minimum Gasteiger partial charge on any atom is -0.436 e. The fraction of sp³-hybridized carbons (Fsp3) is 0.130. The fourth-order valence-electron chi connectivity index (χ4n) is 3.02. The molecule has 4 aromatic rings. The van der Waals surface area contributed by atoms with Crippen LogP contribution in [0.4, 0.5) is 0 Å². The molecule has 4 nitrogen and oxygen atoms in total. The van der Waals surface area contributed by atoms with Crippen molar-refractivity contribution in [1.82, 2.24) is 10.3 Å². The zero-order valence-electron chi connectivity index (χ0n) is 15.9. The molecule has 4 rings (SSSR count). The lowest BCUT2D eigenvalue weighted by Crippen LogP contribution is -2.23. The van der Waals surface area contributed by atoms with Crippen LogP contribution in [0.15, 0.2) is 63.5 Å². The average molecular weight is 470 g/mol. The number of benzene rings is 3. The van der Waals surface area contributed by atoms with Gasteiger partial charge in [0.05, 0.1) is 10.6 Å². The minimum atomic E-state index is -0.218. The first kappa shape index (κ1) is 19.7. The Kier molecular flexibility index (Phi) is 5.43. The predicted molar refractivity (Wildman–Crippen MR) is 119 cm³/mol. The molecule has 0 unspecified atom stereocenters. The van der Waals surface area contributed by atoms with Crippen LogP contribution in [-0.2, 0) is 6.54 Å². The summed E-state index contributed by atoms with van der Waals surface area (Å²) in [5.74, 6) is 0.367. The van der Waals surface area contributed by atoms with Crippen molar-refractivity contribution in [1.29, 1.82) is 0 Å². The molecule has 0 bridgehead atoms. The Bertz CT molecular complexity index is 1180. The van der Waals surface area contributed by atoms with Gasteiger partial charge in [-0.1, -0.05) is 39.7 Å². The van der Waals surface area contributed by atoms with Crippen LogP contribution in [0.5, 0.6) is 0 Å². The van der Waals surface area contributed by atoms with Crippen LogP contribution < -0.4 is 5.32 Å². The Morgan fingerprint density at radius 2 is 1.79 bits per heavy atom. The van der Waals surface area contributed by atoms with Crippen LogP contribution in [-0.4, -0.2) is 10.9 Å². The molecule has 0 saturated carbocycles. The number of carbonyl (C=O) groups is 1. The van der Waals surface area contributed by atoms with Crippen molar-refractivity contribution in [2.75, 3.05) is 0 Å². The molecule has 0 spiro atoms. The second-order valence-electron chi connectivity index (χ2n) is 6.93. The zero-order chi connectivity index (χ0) is 20.5. The summed E-state index contributed by atoms with van der Waals surface area (Å²) >= 11 is 9.47. The van der Waals surface area contributed by atoms with Gasteiger partial charge in [-0.15, -0.1) is 0 Å². The molecule has 0 aliphatic heterocycles. The van der Waals surface area contributed by atoms with Gasteiger partial charge in [0, 0.05) is 16.6 Å². The Balaban J connectivity index is 1.48. The van der Waals surface area contributed by atoms with E-state index in [4.69, 9.17) is 16.0 Å². The van der Waals surface area contributed by atoms with Gasteiger partial charge in [0.2, 0.25) is 5.89 Å². The highest BCUT2D eigenvalue weighted by molar-refractivity contribution is 9.10. The monoisotopic (exact) mass is 468 g/mol. The third-order valence-electron chi connectivity index (χ3n) is 4.83. The molecule has 0 radical (unpaired) electrons. The smallest absolute Gasteiger partial charge is 0.253 e. The lowest BCUT2D eigenvalue weighted by molar-refractivity contribution is 0.0951. The second kappa shape index (κ2) is 8.01. The summed E-state index contributed by atoms with van der Waals surface area (Å²) < 4.78 is 6.72. The normalized spacial score (nSPS) is 11.0. The van der Waals surface area contributed by atoms with Crippen molar-refractivity contribution in [2.24, 2.45) is 0 Å². The number of fused-ring (bicyclic) bond motifs is 1. The molecule has 1 N–H and O–H groups in total. The molecule has 0 atom stereocenters. The fourth-order valence-corrected chi connectivity index (χ4v) is 3.58. The van der Waals surface area contributed by atoms with Crippen molar-refractivity contribution < 1.29 is 9.21 Å². The van der Waals surface area contributed by atoms with E-state index in [0.717, 1.165) is 26.7 Å². The minimum absolute atomic E-state index is 0.218. The maximum absolute atomic E-state index is 12.4. The molecule has 29 heavy (non-hydrogen) atoms. The molecule has 3 aromatic carbocycles. The molecule has 1 aromatic heterocycles. The average Bonchev–Trinajstić information content (AvgIpc) is 3.11. The van der Waals surface area contributed by atoms with Gasteiger partial charge >= 0.3 is 0 Å². The maximum Gasteiger partial charge on any atom is 0.253 e. The van der Waals surface area contributed by atoms with Crippen LogP contribution in [0.2, 0.25) is 5.02 Å². The lowest BCUT2D eigenvalue weighted by atomic mass is 10.1. The number of nitrogens with zero attached hydrogens (tertiary/aromatic N) is 1. The highest BCUT2D eigenvalue weighted by Gasteiger charge is 2.12. The van der Waals surface area contributed by atoms with Crippen molar-refractivity contribution in [3.8, 4) is 11.5 Å². The number of aromatic nitrogens is 1. The highest BCUT2D eigenvalue weighted by atomic mass is 79.9. The van der Waals surface area contributed by atoms with E-state index in [1.54, 1.807) is 18.2 Å². The van der Waals surface area contributed by atoms with E-state index in [1.807, 2.05) is 36.4 Å². The summed E-state index contributed by atoms with van der Waals surface area (Å²) in [4.78, 5) is 17.0. The van der Waals surface area contributed by atoms with Gasteiger partial charge in [-0.25, -0.2) is 4.98 Å². The van der Waals surface area contributed by atoms with E-state index in [1.165, 1.54) is 11.1 Å². The van der Waals surface area contributed by atoms with E-state index in [-0.39, 0.29) is 5.91 Å². The molecule has 1 heterocycles.